The Morgan fingerprint density at radius 2 is 1.78 bits per heavy atom. The highest BCUT2D eigenvalue weighted by atomic mass is 32.2. The van der Waals surface area contributed by atoms with Gasteiger partial charge in [-0.15, -0.1) is 11.8 Å². The third kappa shape index (κ3) is 7.02. The second-order valence-electron chi connectivity index (χ2n) is 9.48. The molecule has 7 nitrogen and oxygen atoms in total. The number of unbranched alkanes of at least 4 members (excludes halogenated alkanes) is 2. The number of benzene rings is 2. The van der Waals surface area contributed by atoms with E-state index in [4.69, 9.17) is 14.6 Å². The molecule has 37 heavy (non-hydrogen) atoms. The van der Waals surface area contributed by atoms with Gasteiger partial charge in [-0.25, -0.2) is 13.2 Å². The van der Waals surface area contributed by atoms with Gasteiger partial charge in [-0.1, -0.05) is 39.5 Å². The number of rotatable bonds is 12. The lowest BCUT2D eigenvalue weighted by molar-refractivity contribution is -0.131. The SMILES string of the molecule is CCCCC1(CCCC)CN(c2ccc(OC)cc2)c2cc(SC)c(O/C=C/C(=O)O)cc2S(=O)(=O)C1. The van der Waals surface area contributed by atoms with Crippen LogP contribution in [0.1, 0.15) is 52.4 Å². The molecule has 0 spiro atoms. The molecule has 9 heteroatoms. The van der Waals surface area contributed by atoms with E-state index in [9.17, 15) is 13.2 Å². The van der Waals surface area contributed by atoms with Crippen molar-refractivity contribution in [1.82, 2.24) is 0 Å². The smallest absolute Gasteiger partial charge is 0.331 e. The first-order valence-corrected chi connectivity index (χ1v) is 15.5. The molecule has 0 fully saturated rings. The van der Waals surface area contributed by atoms with Gasteiger partial charge in [0.05, 0.1) is 40.7 Å². The Balaban J connectivity index is 2.24. The van der Waals surface area contributed by atoms with Gasteiger partial charge in [-0.3, -0.25) is 0 Å². The van der Waals surface area contributed by atoms with Crippen molar-refractivity contribution in [3.63, 3.8) is 0 Å². The zero-order chi connectivity index (χ0) is 27.1. The maximum absolute atomic E-state index is 14.0. The lowest BCUT2D eigenvalue weighted by Gasteiger charge is -2.37. The first-order chi connectivity index (χ1) is 17.7. The van der Waals surface area contributed by atoms with Crippen LogP contribution in [-0.4, -0.2) is 45.2 Å². The molecule has 1 aliphatic rings. The number of carboxylic acids is 1. The molecule has 0 saturated carbocycles. The Morgan fingerprint density at radius 1 is 1.14 bits per heavy atom. The third-order valence-corrected chi connectivity index (χ3v) is 9.52. The minimum atomic E-state index is -3.69. The lowest BCUT2D eigenvalue weighted by atomic mass is 9.79. The molecule has 0 radical (unpaired) electrons. The van der Waals surface area contributed by atoms with Crippen LogP contribution in [0.2, 0.25) is 0 Å². The number of methoxy groups -OCH3 is 1. The fourth-order valence-electron chi connectivity index (χ4n) is 4.88. The number of aliphatic carboxylic acids is 1. The minimum absolute atomic E-state index is 0.0582. The largest absolute Gasteiger partial charge is 0.497 e. The van der Waals surface area contributed by atoms with Gasteiger partial charge >= 0.3 is 5.97 Å². The third-order valence-electron chi connectivity index (χ3n) is 6.77. The number of anilines is 2. The van der Waals surface area contributed by atoms with Gasteiger partial charge in [0.15, 0.2) is 9.84 Å². The average Bonchev–Trinajstić information content (AvgIpc) is 2.97. The summed E-state index contributed by atoms with van der Waals surface area (Å²) in [5, 5.41) is 8.94. The second-order valence-corrected chi connectivity index (χ2v) is 12.3. The summed E-state index contributed by atoms with van der Waals surface area (Å²) in [7, 11) is -2.07. The number of sulfone groups is 1. The summed E-state index contributed by atoms with van der Waals surface area (Å²) >= 11 is 1.42. The van der Waals surface area contributed by atoms with Crippen LogP contribution in [0.25, 0.3) is 0 Å². The number of carbonyl (C=O) groups is 1. The van der Waals surface area contributed by atoms with E-state index in [0.29, 0.717) is 18.0 Å². The lowest BCUT2D eigenvalue weighted by Crippen LogP contribution is -2.38. The molecule has 202 valence electrons. The van der Waals surface area contributed by atoms with Crippen LogP contribution < -0.4 is 14.4 Å². The summed E-state index contributed by atoms with van der Waals surface area (Å²) < 4.78 is 39.0. The summed E-state index contributed by atoms with van der Waals surface area (Å²) in [5.74, 6) is -0.0386. The van der Waals surface area contributed by atoms with E-state index in [1.54, 1.807) is 13.2 Å². The predicted molar refractivity (Wildman–Crippen MR) is 149 cm³/mol. The van der Waals surface area contributed by atoms with Crippen LogP contribution in [0, 0.1) is 5.41 Å². The fourth-order valence-corrected chi connectivity index (χ4v) is 7.53. The zero-order valence-corrected chi connectivity index (χ0v) is 23.7. The molecule has 1 aliphatic heterocycles. The topological polar surface area (TPSA) is 93.1 Å². The Bertz CT molecular complexity index is 1200. The molecular formula is C28H37NO6S2. The van der Waals surface area contributed by atoms with Gasteiger partial charge in [-0.05, 0) is 49.4 Å². The summed E-state index contributed by atoms with van der Waals surface area (Å²) in [6.45, 7) is 4.85. The Hall–Kier alpha value is -2.65. The van der Waals surface area contributed by atoms with Crippen molar-refractivity contribution in [3.8, 4) is 11.5 Å². The van der Waals surface area contributed by atoms with Crippen molar-refractivity contribution in [2.75, 3.05) is 30.6 Å². The van der Waals surface area contributed by atoms with Crippen LogP contribution in [0.5, 0.6) is 11.5 Å². The first kappa shape index (κ1) is 28.9. The number of fused-ring (bicyclic) bond motifs is 1. The van der Waals surface area contributed by atoms with Crippen LogP contribution in [0.3, 0.4) is 0 Å². The molecular weight excluding hydrogens is 510 g/mol. The van der Waals surface area contributed by atoms with Crippen molar-refractivity contribution in [1.29, 1.82) is 0 Å². The monoisotopic (exact) mass is 547 g/mol. The fraction of sp³-hybridized carbons (Fsp3) is 0.464. The molecule has 0 saturated heterocycles. The molecule has 2 aromatic rings. The van der Waals surface area contributed by atoms with Gasteiger partial charge in [0.1, 0.15) is 11.5 Å². The molecule has 1 N–H and O–H groups in total. The molecule has 3 rings (SSSR count). The molecule has 0 amide bonds. The van der Waals surface area contributed by atoms with Gasteiger partial charge in [-0.2, -0.15) is 0 Å². The summed E-state index contributed by atoms with van der Waals surface area (Å²) in [6.07, 6.45) is 9.38. The van der Waals surface area contributed by atoms with E-state index in [1.165, 1.54) is 11.8 Å². The minimum Gasteiger partial charge on any atom is -0.497 e. The van der Waals surface area contributed by atoms with E-state index in [1.807, 2.05) is 36.6 Å². The van der Waals surface area contributed by atoms with Crippen molar-refractivity contribution in [2.24, 2.45) is 5.41 Å². The van der Waals surface area contributed by atoms with Crippen LogP contribution in [0.4, 0.5) is 11.4 Å². The van der Waals surface area contributed by atoms with E-state index < -0.39 is 21.2 Å². The van der Waals surface area contributed by atoms with Gasteiger partial charge < -0.3 is 19.5 Å². The number of carboxylic acid groups (broad SMARTS) is 1. The van der Waals surface area contributed by atoms with E-state index >= 15 is 0 Å². The number of hydrogen-bond acceptors (Lipinski definition) is 7. The maximum Gasteiger partial charge on any atom is 0.331 e. The second kappa shape index (κ2) is 12.7. The molecule has 0 unspecified atom stereocenters. The quantitative estimate of drug-likeness (QED) is 0.179. The Kier molecular flexibility index (Phi) is 9.95. The van der Waals surface area contributed by atoms with Gasteiger partial charge in [0.25, 0.3) is 0 Å². The van der Waals surface area contributed by atoms with Crippen LogP contribution in [0.15, 0.2) is 58.5 Å². The van der Waals surface area contributed by atoms with Crippen molar-refractivity contribution >= 4 is 38.9 Å². The van der Waals surface area contributed by atoms with Gasteiger partial charge in [0.2, 0.25) is 0 Å². The van der Waals surface area contributed by atoms with Crippen LogP contribution >= 0.6 is 11.8 Å². The highest BCUT2D eigenvalue weighted by molar-refractivity contribution is 7.98. The normalized spacial score (nSPS) is 16.3. The maximum atomic E-state index is 14.0. The number of thioether (sulfide) groups is 1. The standard InChI is InChI=1S/C28H37NO6S2/c1-5-7-14-28(15-8-6-2)19-29(21-9-11-22(34-3)12-10-21)23-17-25(36-4)24(35-16-13-27(30)31)18-26(23)37(32,33)20-28/h9-13,16-18H,5-8,14-15,19-20H2,1-4H3,(H,30,31)/b16-13+. The van der Waals surface area contributed by atoms with Crippen molar-refractivity contribution < 1.29 is 27.8 Å². The number of nitrogens with zero attached hydrogens (tertiary/aromatic N) is 1. The summed E-state index contributed by atoms with van der Waals surface area (Å²) in [5.41, 5.74) is 1.09. The highest BCUT2D eigenvalue weighted by Crippen LogP contribution is 2.48. The van der Waals surface area contributed by atoms with Crippen LogP contribution in [-0.2, 0) is 14.6 Å². The average molecular weight is 548 g/mol. The highest BCUT2D eigenvalue weighted by Gasteiger charge is 2.42. The Labute approximate surface area is 224 Å². The van der Waals surface area contributed by atoms with E-state index in [-0.39, 0.29) is 10.6 Å². The van der Waals surface area contributed by atoms with Crippen molar-refractivity contribution in [3.05, 3.63) is 48.7 Å². The summed E-state index contributed by atoms with van der Waals surface area (Å²) in [4.78, 5) is 14.0. The molecule has 1 heterocycles. The number of ether oxygens (including phenoxy) is 2. The zero-order valence-electron chi connectivity index (χ0n) is 22.0. The van der Waals surface area contributed by atoms with E-state index in [0.717, 1.165) is 67.2 Å². The van der Waals surface area contributed by atoms with Crippen molar-refractivity contribution in [2.45, 2.75) is 62.2 Å². The molecule has 0 bridgehead atoms. The molecule has 2 aromatic carbocycles. The molecule has 0 atom stereocenters. The molecule has 0 aliphatic carbocycles. The molecule has 0 aromatic heterocycles. The Morgan fingerprint density at radius 3 is 2.32 bits per heavy atom. The van der Waals surface area contributed by atoms with E-state index in [2.05, 4.69) is 18.7 Å². The number of hydrogen-bond donors (Lipinski definition) is 1. The summed E-state index contributed by atoms with van der Waals surface area (Å²) in [6, 6.07) is 11.1. The first-order valence-electron chi connectivity index (χ1n) is 12.6. The van der Waals surface area contributed by atoms with Gasteiger partial charge in [0, 0.05) is 23.7 Å². The predicted octanol–water partition coefficient (Wildman–Crippen LogP) is 6.69.